The van der Waals surface area contributed by atoms with E-state index >= 15 is 0 Å². The van der Waals surface area contributed by atoms with Gasteiger partial charge in [0.2, 0.25) is 0 Å². The normalized spacial score (nSPS) is 8.53. The van der Waals surface area contributed by atoms with Gasteiger partial charge in [0, 0.05) is 15.3 Å². The minimum atomic E-state index is 0.740. The highest BCUT2D eigenvalue weighted by molar-refractivity contribution is 14.1. The average Bonchev–Trinajstić information content (AvgIpc) is 2.36. The number of aromatic nitrogens is 1. The van der Waals surface area contributed by atoms with Gasteiger partial charge in [-0.15, -0.1) is 0 Å². The molecule has 1 aromatic carbocycles. The van der Waals surface area contributed by atoms with Gasteiger partial charge in [-0.2, -0.15) is 0 Å². The molecule has 2 heteroatoms. The Morgan fingerprint density at radius 1 is 0.941 bits per heavy atom. The molecule has 0 aliphatic rings. The maximum absolute atomic E-state index is 4.09. The molecule has 80 valence electrons. The topological polar surface area (TPSA) is 12.9 Å². The Morgan fingerprint density at radius 2 is 1.82 bits per heavy atom. The molecule has 0 spiro atoms. The summed E-state index contributed by atoms with van der Waals surface area (Å²) in [6.07, 6.45) is 1.72. The Labute approximate surface area is 114 Å². The molecule has 0 atom stereocenters. The van der Waals surface area contributed by atoms with Crippen molar-refractivity contribution in [2.75, 3.05) is 0 Å². The Balaban J connectivity index is 2.12. The fourth-order valence-corrected chi connectivity index (χ4v) is 1.74. The van der Waals surface area contributed by atoms with E-state index in [9.17, 15) is 0 Å². The van der Waals surface area contributed by atoms with Gasteiger partial charge in [-0.3, -0.25) is 0 Å². The molecule has 1 heterocycles. The number of rotatable bonds is 0. The van der Waals surface area contributed by atoms with E-state index in [2.05, 4.69) is 51.3 Å². The van der Waals surface area contributed by atoms with E-state index in [1.807, 2.05) is 42.5 Å². The first-order valence-corrected chi connectivity index (χ1v) is 6.11. The lowest BCUT2D eigenvalue weighted by molar-refractivity contribution is 1.29. The van der Waals surface area contributed by atoms with Crippen LogP contribution in [-0.4, -0.2) is 4.98 Å². The number of benzene rings is 1. The van der Waals surface area contributed by atoms with Crippen molar-refractivity contribution in [3.05, 3.63) is 63.5 Å². The molecule has 0 aliphatic carbocycles. The van der Waals surface area contributed by atoms with E-state index in [1.165, 1.54) is 3.57 Å². The highest BCUT2D eigenvalue weighted by Crippen LogP contribution is 2.05. The van der Waals surface area contributed by atoms with Crippen LogP contribution in [0, 0.1) is 27.3 Å². The number of halogens is 1. The molecule has 0 saturated heterocycles. The van der Waals surface area contributed by atoms with Crippen molar-refractivity contribution < 1.29 is 0 Å². The Kier molecular flexibility index (Phi) is 4.18. The lowest BCUT2D eigenvalue weighted by Gasteiger charge is -1.89. The summed E-state index contributed by atoms with van der Waals surface area (Å²) in [5.41, 5.74) is 1.72. The molecule has 0 N–H and O–H groups in total. The van der Waals surface area contributed by atoms with Crippen molar-refractivity contribution in [3.63, 3.8) is 0 Å². The SMILES string of the molecule is Ic1cccc(C#CC#Cc2ccccn2)c1. The minimum Gasteiger partial charge on any atom is -0.248 e. The maximum atomic E-state index is 4.09. The van der Waals surface area contributed by atoms with E-state index in [0.717, 1.165) is 11.3 Å². The molecule has 0 amide bonds. The summed E-state index contributed by atoms with van der Waals surface area (Å²) in [6.45, 7) is 0. The lowest BCUT2D eigenvalue weighted by atomic mass is 10.2. The summed E-state index contributed by atoms with van der Waals surface area (Å²) in [5, 5.41) is 0. The van der Waals surface area contributed by atoms with Crippen molar-refractivity contribution in [2.24, 2.45) is 0 Å². The second kappa shape index (κ2) is 6.08. The van der Waals surface area contributed by atoms with Crippen molar-refractivity contribution in [1.29, 1.82) is 0 Å². The van der Waals surface area contributed by atoms with Gasteiger partial charge in [-0.1, -0.05) is 18.1 Å². The third-order valence-electron chi connectivity index (χ3n) is 1.95. The number of nitrogens with zero attached hydrogens (tertiary/aromatic N) is 1. The third-order valence-corrected chi connectivity index (χ3v) is 2.62. The molecule has 1 nitrogen and oxygen atoms in total. The van der Waals surface area contributed by atoms with Gasteiger partial charge in [-0.25, -0.2) is 4.98 Å². The van der Waals surface area contributed by atoms with Crippen LogP contribution in [0.4, 0.5) is 0 Å². The third kappa shape index (κ3) is 3.94. The molecule has 0 unspecified atom stereocenters. The van der Waals surface area contributed by atoms with Crippen molar-refractivity contribution in [1.82, 2.24) is 4.98 Å². The Hall–Kier alpha value is -1.78. The Morgan fingerprint density at radius 3 is 2.59 bits per heavy atom. The van der Waals surface area contributed by atoms with Gasteiger partial charge in [-0.05, 0) is 70.7 Å². The van der Waals surface area contributed by atoms with Crippen LogP contribution in [0.15, 0.2) is 48.7 Å². The molecular weight excluding hydrogens is 321 g/mol. The summed E-state index contributed by atoms with van der Waals surface area (Å²) in [7, 11) is 0. The molecule has 2 rings (SSSR count). The van der Waals surface area contributed by atoms with Gasteiger partial charge >= 0.3 is 0 Å². The van der Waals surface area contributed by atoms with Crippen LogP contribution in [0.1, 0.15) is 11.3 Å². The molecule has 0 fully saturated rings. The minimum absolute atomic E-state index is 0.740. The predicted octanol–water partition coefficient (Wildman–Crippen LogP) is 3.09. The average molecular weight is 329 g/mol. The molecule has 0 radical (unpaired) electrons. The van der Waals surface area contributed by atoms with Crippen LogP contribution < -0.4 is 0 Å². The number of hydrogen-bond donors (Lipinski definition) is 0. The predicted molar refractivity (Wildman–Crippen MR) is 77.2 cm³/mol. The molecule has 0 bridgehead atoms. The van der Waals surface area contributed by atoms with Gasteiger partial charge < -0.3 is 0 Å². The highest BCUT2D eigenvalue weighted by Gasteiger charge is 1.86. The molecule has 0 aliphatic heterocycles. The first-order chi connectivity index (χ1) is 8.34. The summed E-state index contributed by atoms with van der Waals surface area (Å²) < 4.78 is 1.17. The zero-order valence-electron chi connectivity index (χ0n) is 8.94. The summed E-state index contributed by atoms with van der Waals surface area (Å²) in [6, 6.07) is 13.6. The van der Waals surface area contributed by atoms with Crippen LogP contribution in [-0.2, 0) is 0 Å². The van der Waals surface area contributed by atoms with Crippen molar-refractivity contribution in [2.45, 2.75) is 0 Å². The highest BCUT2D eigenvalue weighted by atomic mass is 127. The van der Waals surface area contributed by atoms with E-state index in [0.29, 0.717) is 0 Å². The van der Waals surface area contributed by atoms with Crippen molar-refractivity contribution in [3.8, 4) is 23.7 Å². The standard InChI is InChI=1S/C15H8IN/c16-14-8-5-7-13(12-14)6-1-2-9-15-10-3-4-11-17-15/h3-5,7-8,10-12H. The first kappa shape index (κ1) is 11.7. The van der Waals surface area contributed by atoms with E-state index in [1.54, 1.807) is 6.20 Å². The van der Waals surface area contributed by atoms with Gasteiger partial charge in [0.25, 0.3) is 0 Å². The fraction of sp³-hybridized carbons (Fsp3) is 0. The van der Waals surface area contributed by atoms with E-state index in [4.69, 9.17) is 0 Å². The first-order valence-electron chi connectivity index (χ1n) is 5.03. The van der Waals surface area contributed by atoms with E-state index < -0.39 is 0 Å². The molecule has 0 saturated carbocycles. The molecule has 17 heavy (non-hydrogen) atoms. The Bertz CT molecular complexity index is 624. The summed E-state index contributed by atoms with van der Waals surface area (Å²) in [5.74, 6) is 11.5. The summed E-state index contributed by atoms with van der Waals surface area (Å²) in [4.78, 5) is 4.09. The van der Waals surface area contributed by atoms with Gasteiger partial charge in [0.05, 0.1) is 0 Å². The zero-order chi connectivity index (χ0) is 11.9. The maximum Gasteiger partial charge on any atom is 0.114 e. The van der Waals surface area contributed by atoms with Crippen LogP contribution in [0.2, 0.25) is 0 Å². The fourth-order valence-electron chi connectivity index (χ4n) is 1.20. The second-order valence-corrected chi connectivity index (χ2v) is 4.47. The van der Waals surface area contributed by atoms with Crippen LogP contribution in [0.5, 0.6) is 0 Å². The monoisotopic (exact) mass is 329 g/mol. The summed E-state index contributed by atoms with van der Waals surface area (Å²) >= 11 is 2.26. The number of pyridine rings is 1. The van der Waals surface area contributed by atoms with Crippen LogP contribution in [0.3, 0.4) is 0 Å². The largest absolute Gasteiger partial charge is 0.248 e. The van der Waals surface area contributed by atoms with E-state index in [-0.39, 0.29) is 0 Å². The van der Waals surface area contributed by atoms with Crippen LogP contribution >= 0.6 is 22.6 Å². The lowest BCUT2D eigenvalue weighted by Crippen LogP contribution is -1.77. The zero-order valence-corrected chi connectivity index (χ0v) is 11.1. The molecule has 2 aromatic rings. The van der Waals surface area contributed by atoms with Gasteiger partial charge in [0.1, 0.15) is 5.69 Å². The van der Waals surface area contributed by atoms with Crippen LogP contribution in [0.25, 0.3) is 0 Å². The smallest absolute Gasteiger partial charge is 0.114 e. The second-order valence-electron chi connectivity index (χ2n) is 3.23. The quantitative estimate of drug-likeness (QED) is 0.535. The van der Waals surface area contributed by atoms with Crippen molar-refractivity contribution >= 4 is 22.6 Å². The number of hydrogen-bond acceptors (Lipinski definition) is 1. The molecular formula is C15H8IN. The molecule has 1 aromatic heterocycles. The van der Waals surface area contributed by atoms with Gasteiger partial charge in [0.15, 0.2) is 0 Å².